The first-order chi connectivity index (χ1) is 11.8. The molecule has 4 rings (SSSR count). The van der Waals surface area contributed by atoms with Crippen LogP contribution in [0.25, 0.3) is 11.0 Å². The number of aromatic nitrogens is 3. The maximum atomic E-state index is 5.92. The van der Waals surface area contributed by atoms with Crippen molar-refractivity contribution in [2.24, 2.45) is 5.92 Å². The normalized spacial score (nSPS) is 15.8. The molecule has 124 valence electrons. The molecule has 1 fully saturated rings. The van der Waals surface area contributed by atoms with Gasteiger partial charge in [0.05, 0.1) is 5.39 Å². The first-order valence-electron chi connectivity index (χ1n) is 8.32. The average molecular weight is 342 g/mol. The van der Waals surface area contributed by atoms with Crippen LogP contribution in [0, 0.1) is 5.92 Å². The Morgan fingerprint density at radius 1 is 1.12 bits per heavy atom. The molecule has 1 aromatic carbocycles. The second-order valence-corrected chi connectivity index (χ2v) is 6.69. The molecule has 1 aliphatic heterocycles. The highest BCUT2D eigenvalue weighted by atomic mass is 35.5. The van der Waals surface area contributed by atoms with Gasteiger partial charge in [0.15, 0.2) is 0 Å². The average Bonchev–Trinajstić information content (AvgIpc) is 3.10. The van der Waals surface area contributed by atoms with Crippen LogP contribution in [0.1, 0.15) is 12.8 Å². The number of nitrogens with zero attached hydrogens (tertiary/aromatic N) is 3. The predicted molar refractivity (Wildman–Crippen MR) is 98.8 cm³/mol. The van der Waals surface area contributed by atoms with Crippen molar-refractivity contribution in [3.63, 3.8) is 0 Å². The zero-order valence-electron chi connectivity index (χ0n) is 13.4. The van der Waals surface area contributed by atoms with Crippen molar-refractivity contribution in [2.45, 2.75) is 12.8 Å². The molecule has 0 saturated carbocycles. The van der Waals surface area contributed by atoms with Crippen LogP contribution in [0.2, 0.25) is 5.02 Å². The monoisotopic (exact) mass is 341 g/mol. The van der Waals surface area contributed by atoms with Crippen molar-refractivity contribution in [1.82, 2.24) is 15.0 Å². The highest BCUT2D eigenvalue weighted by Gasteiger charge is 2.21. The summed E-state index contributed by atoms with van der Waals surface area (Å²) >= 11 is 5.92. The fraction of sp³-hybridized carbons (Fsp3) is 0.333. The summed E-state index contributed by atoms with van der Waals surface area (Å²) in [6.07, 6.45) is 5.89. The van der Waals surface area contributed by atoms with Crippen LogP contribution in [0.5, 0.6) is 0 Å². The molecule has 0 aliphatic carbocycles. The minimum Gasteiger partial charge on any atom is -0.385 e. The molecule has 6 heteroatoms. The molecule has 1 saturated heterocycles. The Hall–Kier alpha value is -2.27. The van der Waals surface area contributed by atoms with Gasteiger partial charge < -0.3 is 15.2 Å². The van der Waals surface area contributed by atoms with Gasteiger partial charge in [-0.15, -0.1) is 0 Å². The molecule has 0 amide bonds. The van der Waals surface area contributed by atoms with Crippen molar-refractivity contribution in [2.75, 3.05) is 29.9 Å². The molecule has 0 atom stereocenters. The number of nitrogens with one attached hydrogen (secondary N) is 2. The minimum atomic E-state index is 0.681. The van der Waals surface area contributed by atoms with Crippen LogP contribution in [-0.4, -0.2) is 34.6 Å². The largest absolute Gasteiger partial charge is 0.385 e. The van der Waals surface area contributed by atoms with Gasteiger partial charge in [0.25, 0.3) is 0 Å². The quantitative estimate of drug-likeness (QED) is 0.754. The van der Waals surface area contributed by atoms with E-state index in [0.29, 0.717) is 5.92 Å². The van der Waals surface area contributed by atoms with Crippen LogP contribution in [-0.2, 0) is 0 Å². The number of H-pyrrole nitrogens is 1. The van der Waals surface area contributed by atoms with Crippen molar-refractivity contribution >= 4 is 34.1 Å². The Bertz CT molecular complexity index is 806. The third kappa shape index (κ3) is 3.17. The van der Waals surface area contributed by atoms with E-state index in [0.717, 1.165) is 60.0 Å². The lowest BCUT2D eigenvalue weighted by atomic mass is 9.96. The van der Waals surface area contributed by atoms with Gasteiger partial charge in [0, 0.05) is 36.5 Å². The van der Waals surface area contributed by atoms with Gasteiger partial charge in [-0.3, -0.25) is 0 Å². The summed E-state index contributed by atoms with van der Waals surface area (Å²) in [7, 11) is 0. The number of hydrogen-bond donors (Lipinski definition) is 2. The summed E-state index contributed by atoms with van der Waals surface area (Å²) in [6, 6.07) is 9.95. The minimum absolute atomic E-state index is 0.681. The van der Waals surface area contributed by atoms with Gasteiger partial charge in [-0.2, -0.15) is 0 Å². The third-order valence-electron chi connectivity index (χ3n) is 4.69. The van der Waals surface area contributed by atoms with Gasteiger partial charge in [0.2, 0.25) is 0 Å². The van der Waals surface area contributed by atoms with Gasteiger partial charge in [-0.1, -0.05) is 11.6 Å². The Morgan fingerprint density at radius 3 is 2.71 bits per heavy atom. The fourth-order valence-electron chi connectivity index (χ4n) is 3.29. The summed E-state index contributed by atoms with van der Waals surface area (Å²) in [5.41, 5.74) is 2.04. The number of halogens is 1. The molecule has 0 unspecified atom stereocenters. The Balaban J connectivity index is 1.35. The fourth-order valence-corrected chi connectivity index (χ4v) is 3.42. The summed E-state index contributed by atoms with van der Waals surface area (Å²) in [6.45, 7) is 3.06. The van der Waals surface area contributed by atoms with Crippen LogP contribution < -0.4 is 10.2 Å². The number of rotatable bonds is 4. The molecular weight excluding hydrogens is 322 g/mol. The topological polar surface area (TPSA) is 56.8 Å². The molecule has 3 heterocycles. The summed E-state index contributed by atoms with van der Waals surface area (Å²) in [5.74, 6) is 1.73. The van der Waals surface area contributed by atoms with E-state index in [-0.39, 0.29) is 0 Å². The van der Waals surface area contributed by atoms with E-state index in [4.69, 9.17) is 11.6 Å². The van der Waals surface area contributed by atoms with E-state index >= 15 is 0 Å². The number of anilines is 2. The third-order valence-corrected chi connectivity index (χ3v) is 4.94. The molecule has 1 aliphatic rings. The van der Waals surface area contributed by atoms with E-state index < -0.39 is 0 Å². The van der Waals surface area contributed by atoms with Gasteiger partial charge in [-0.25, -0.2) is 9.97 Å². The first kappa shape index (κ1) is 15.3. The standard InChI is InChI=1S/C18H20ClN5/c19-14-1-3-15(4-2-14)21-11-13-6-9-24(10-7-13)18-16-5-8-20-17(16)22-12-23-18/h1-5,8,12-13,21H,6-7,9-11H2,(H,20,22,23). The van der Waals surface area contributed by atoms with Gasteiger partial charge in [-0.05, 0) is 49.1 Å². The van der Waals surface area contributed by atoms with Crippen LogP contribution in [0.4, 0.5) is 11.5 Å². The molecule has 0 radical (unpaired) electrons. The zero-order valence-corrected chi connectivity index (χ0v) is 14.1. The number of piperidine rings is 1. The first-order valence-corrected chi connectivity index (χ1v) is 8.70. The molecule has 0 bridgehead atoms. The molecule has 2 aromatic heterocycles. The highest BCUT2D eigenvalue weighted by Crippen LogP contribution is 2.27. The number of fused-ring (bicyclic) bond motifs is 1. The van der Waals surface area contributed by atoms with Crippen LogP contribution >= 0.6 is 11.6 Å². The Kier molecular flexibility index (Phi) is 4.26. The second-order valence-electron chi connectivity index (χ2n) is 6.26. The maximum absolute atomic E-state index is 5.92. The van der Waals surface area contributed by atoms with Crippen molar-refractivity contribution < 1.29 is 0 Å². The summed E-state index contributed by atoms with van der Waals surface area (Å²) < 4.78 is 0. The Morgan fingerprint density at radius 2 is 1.92 bits per heavy atom. The molecule has 5 nitrogen and oxygen atoms in total. The van der Waals surface area contributed by atoms with Crippen LogP contribution in [0.15, 0.2) is 42.9 Å². The number of hydrogen-bond acceptors (Lipinski definition) is 4. The van der Waals surface area contributed by atoms with E-state index in [1.807, 2.05) is 30.5 Å². The summed E-state index contributed by atoms with van der Waals surface area (Å²) in [5, 5.41) is 5.39. The van der Waals surface area contributed by atoms with Crippen LogP contribution in [0.3, 0.4) is 0 Å². The lowest BCUT2D eigenvalue weighted by Crippen LogP contribution is -2.36. The maximum Gasteiger partial charge on any atom is 0.142 e. The van der Waals surface area contributed by atoms with E-state index in [1.165, 1.54) is 0 Å². The lowest BCUT2D eigenvalue weighted by Gasteiger charge is -2.33. The van der Waals surface area contributed by atoms with Crippen molar-refractivity contribution in [3.8, 4) is 0 Å². The van der Waals surface area contributed by atoms with E-state index in [9.17, 15) is 0 Å². The van der Waals surface area contributed by atoms with Gasteiger partial charge in [0.1, 0.15) is 17.8 Å². The SMILES string of the molecule is Clc1ccc(NCC2CCN(c3ncnc4[nH]ccc34)CC2)cc1. The Labute approximate surface area is 146 Å². The lowest BCUT2D eigenvalue weighted by molar-refractivity contribution is 0.422. The smallest absolute Gasteiger partial charge is 0.142 e. The van der Waals surface area contributed by atoms with E-state index in [2.05, 4.69) is 31.2 Å². The molecule has 0 spiro atoms. The molecular formula is C18H20ClN5. The predicted octanol–water partition coefficient (Wildman–Crippen LogP) is 3.94. The van der Waals surface area contributed by atoms with E-state index in [1.54, 1.807) is 6.33 Å². The number of aromatic amines is 1. The molecule has 24 heavy (non-hydrogen) atoms. The van der Waals surface area contributed by atoms with Crippen molar-refractivity contribution in [1.29, 1.82) is 0 Å². The van der Waals surface area contributed by atoms with Gasteiger partial charge >= 0.3 is 0 Å². The molecule has 3 aromatic rings. The van der Waals surface area contributed by atoms with Crippen molar-refractivity contribution in [3.05, 3.63) is 47.9 Å². The number of benzene rings is 1. The highest BCUT2D eigenvalue weighted by molar-refractivity contribution is 6.30. The second kappa shape index (κ2) is 6.69. The zero-order chi connectivity index (χ0) is 16.4. The summed E-state index contributed by atoms with van der Waals surface area (Å²) in [4.78, 5) is 14.3. The molecule has 2 N–H and O–H groups in total.